The molecule has 0 spiro atoms. The summed E-state index contributed by atoms with van der Waals surface area (Å²) < 4.78 is 5.32. The maximum atomic E-state index is 12.6. The Kier molecular flexibility index (Phi) is 5.32. The van der Waals surface area contributed by atoms with Gasteiger partial charge < -0.3 is 14.7 Å². The molecule has 1 fully saturated rings. The normalized spacial score (nSPS) is 23.2. The Morgan fingerprint density at radius 1 is 1.32 bits per heavy atom. The van der Waals surface area contributed by atoms with E-state index in [1.54, 1.807) is 32.0 Å². The van der Waals surface area contributed by atoms with Crippen LogP contribution in [0.5, 0.6) is 0 Å². The Hall–Kier alpha value is -1.30. The lowest BCUT2D eigenvalue weighted by atomic mass is 9.99. The van der Waals surface area contributed by atoms with Crippen molar-refractivity contribution in [2.24, 2.45) is 0 Å². The van der Waals surface area contributed by atoms with Crippen LogP contribution in [0.25, 0.3) is 0 Å². The van der Waals surface area contributed by atoms with E-state index in [4.69, 9.17) is 33.0 Å². The zero-order valence-electron chi connectivity index (χ0n) is 12.3. The van der Waals surface area contributed by atoms with Crippen LogP contribution < -0.4 is 0 Å². The summed E-state index contributed by atoms with van der Waals surface area (Å²) in [5, 5.41) is 9.90. The summed E-state index contributed by atoms with van der Waals surface area (Å²) in [4.78, 5) is 25.2. The van der Waals surface area contributed by atoms with Crippen molar-refractivity contribution in [1.29, 1.82) is 0 Å². The van der Waals surface area contributed by atoms with Crippen molar-refractivity contribution in [2.45, 2.75) is 32.0 Å². The fraction of sp³-hybridized carbons (Fsp3) is 0.467. The Morgan fingerprint density at radius 3 is 2.59 bits per heavy atom. The maximum Gasteiger partial charge on any atom is 0.334 e. The molecule has 0 radical (unpaired) electrons. The fourth-order valence-electron chi connectivity index (χ4n) is 2.47. The van der Waals surface area contributed by atoms with E-state index < -0.39 is 18.0 Å². The lowest BCUT2D eigenvalue weighted by Crippen LogP contribution is -2.52. The van der Waals surface area contributed by atoms with Crippen LogP contribution in [0.2, 0.25) is 10.0 Å². The molecule has 3 atom stereocenters. The highest BCUT2D eigenvalue weighted by atomic mass is 35.5. The van der Waals surface area contributed by atoms with E-state index >= 15 is 0 Å². The standard InChI is InChI=1S/C15H17Cl2NO4/c1-8-6-18(7-13(22-8)15(20)21)14(19)9(2)10-3-4-11(16)12(17)5-10/h3-5,8-9,13H,6-7H2,1-2H3,(H,20,21)/t8-,9?,13?/m1/s1. The number of carboxylic acids is 1. The number of morpholine rings is 1. The van der Waals surface area contributed by atoms with Crippen molar-refractivity contribution in [3.05, 3.63) is 33.8 Å². The molecule has 7 heteroatoms. The molecular weight excluding hydrogens is 329 g/mol. The molecular formula is C15H17Cl2NO4. The van der Waals surface area contributed by atoms with Crippen LogP contribution in [0.4, 0.5) is 0 Å². The van der Waals surface area contributed by atoms with E-state index in [0.29, 0.717) is 16.6 Å². The minimum atomic E-state index is -1.06. The number of aliphatic carboxylic acids is 1. The first-order valence-electron chi connectivity index (χ1n) is 6.91. The second kappa shape index (κ2) is 6.86. The van der Waals surface area contributed by atoms with Gasteiger partial charge in [0, 0.05) is 6.54 Å². The van der Waals surface area contributed by atoms with Crippen LogP contribution in [0.15, 0.2) is 18.2 Å². The van der Waals surface area contributed by atoms with Gasteiger partial charge in [0.25, 0.3) is 0 Å². The Morgan fingerprint density at radius 2 is 2.00 bits per heavy atom. The summed E-state index contributed by atoms with van der Waals surface area (Å²) in [7, 11) is 0. The molecule has 0 saturated carbocycles. The lowest BCUT2D eigenvalue weighted by Gasteiger charge is -2.36. The molecule has 2 rings (SSSR count). The zero-order chi connectivity index (χ0) is 16.4. The smallest absolute Gasteiger partial charge is 0.334 e. The summed E-state index contributed by atoms with van der Waals surface area (Å²) in [5.74, 6) is -1.65. The molecule has 2 unspecified atom stereocenters. The largest absolute Gasteiger partial charge is 0.479 e. The summed E-state index contributed by atoms with van der Waals surface area (Å²) in [5.41, 5.74) is 0.741. The van der Waals surface area contributed by atoms with Crippen molar-refractivity contribution in [3.8, 4) is 0 Å². The molecule has 1 N–H and O–H groups in total. The predicted octanol–water partition coefficient (Wildman–Crippen LogP) is 2.80. The van der Waals surface area contributed by atoms with Gasteiger partial charge >= 0.3 is 5.97 Å². The number of carboxylic acid groups (broad SMARTS) is 1. The monoisotopic (exact) mass is 345 g/mol. The second-order valence-electron chi connectivity index (χ2n) is 5.41. The van der Waals surface area contributed by atoms with Gasteiger partial charge in [-0.25, -0.2) is 4.79 Å². The molecule has 1 aliphatic rings. The number of halogens is 2. The van der Waals surface area contributed by atoms with Crippen LogP contribution in [0.3, 0.4) is 0 Å². The van der Waals surface area contributed by atoms with E-state index in [1.807, 2.05) is 0 Å². The van der Waals surface area contributed by atoms with Gasteiger partial charge in [0.1, 0.15) is 0 Å². The van der Waals surface area contributed by atoms with Crippen molar-refractivity contribution < 1.29 is 19.4 Å². The number of nitrogens with zero attached hydrogens (tertiary/aromatic N) is 1. The maximum absolute atomic E-state index is 12.6. The van der Waals surface area contributed by atoms with Gasteiger partial charge in [-0.1, -0.05) is 29.3 Å². The van der Waals surface area contributed by atoms with E-state index in [1.165, 1.54) is 4.90 Å². The molecule has 1 amide bonds. The van der Waals surface area contributed by atoms with Crippen molar-refractivity contribution in [1.82, 2.24) is 4.90 Å². The molecule has 120 valence electrons. The third-order valence-electron chi connectivity index (χ3n) is 3.66. The second-order valence-corrected chi connectivity index (χ2v) is 6.23. The molecule has 1 aromatic rings. The van der Waals surface area contributed by atoms with Crippen molar-refractivity contribution in [2.75, 3.05) is 13.1 Å². The van der Waals surface area contributed by atoms with Crippen molar-refractivity contribution >= 4 is 35.1 Å². The quantitative estimate of drug-likeness (QED) is 0.914. The van der Waals surface area contributed by atoms with Gasteiger partial charge in [-0.05, 0) is 31.5 Å². The van der Waals surface area contributed by atoms with Crippen LogP contribution >= 0.6 is 23.2 Å². The highest BCUT2D eigenvalue weighted by Gasteiger charge is 2.34. The number of ether oxygens (including phenoxy) is 1. The summed E-state index contributed by atoms with van der Waals surface area (Å²) >= 11 is 11.9. The summed E-state index contributed by atoms with van der Waals surface area (Å²) in [6, 6.07) is 5.05. The van der Waals surface area contributed by atoms with Gasteiger partial charge in [0.2, 0.25) is 5.91 Å². The van der Waals surface area contributed by atoms with Gasteiger partial charge in [0.05, 0.1) is 28.6 Å². The molecule has 0 bridgehead atoms. The SMILES string of the molecule is CC(C(=O)N1CC(C(=O)O)O[C@H](C)C1)c1ccc(Cl)c(Cl)c1. The van der Waals surface area contributed by atoms with Crippen LogP contribution in [-0.4, -0.2) is 47.2 Å². The first kappa shape index (κ1) is 17.1. The van der Waals surface area contributed by atoms with Crippen LogP contribution in [0.1, 0.15) is 25.3 Å². The van der Waals surface area contributed by atoms with E-state index in [-0.39, 0.29) is 18.6 Å². The first-order chi connectivity index (χ1) is 10.3. The predicted molar refractivity (Wildman–Crippen MR) is 83.4 cm³/mol. The Bertz CT molecular complexity index is 593. The number of carbonyl (C=O) groups is 2. The first-order valence-corrected chi connectivity index (χ1v) is 7.67. The minimum Gasteiger partial charge on any atom is -0.479 e. The highest BCUT2D eigenvalue weighted by molar-refractivity contribution is 6.42. The summed E-state index contributed by atoms with van der Waals surface area (Å²) in [6.45, 7) is 3.93. The van der Waals surface area contributed by atoms with Crippen LogP contribution in [0, 0.1) is 0 Å². The zero-order valence-corrected chi connectivity index (χ0v) is 13.8. The Labute approximate surface area is 138 Å². The minimum absolute atomic E-state index is 0.0458. The average molecular weight is 346 g/mol. The fourth-order valence-corrected chi connectivity index (χ4v) is 2.77. The van der Waals surface area contributed by atoms with E-state index in [2.05, 4.69) is 0 Å². The Balaban J connectivity index is 2.15. The third kappa shape index (κ3) is 3.72. The number of benzene rings is 1. The number of carbonyl (C=O) groups excluding carboxylic acids is 1. The number of hydrogen-bond donors (Lipinski definition) is 1. The molecule has 1 aromatic carbocycles. The molecule has 1 saturated heterocycles. The number of rotatable bonds is 3. The molecule has 1 aliphatic heterocycles. The number of amides is 1. The van der Waals surface area contributed by atoms with Gasteiger partial charge in [-0.3, -0.25) is 4.79 Å². The summed E-state index contributed by atoms with van der Waals surface area (Å²) in [6.07, 6.45) is -1.31. The van der Waals surface area contributed by atoms with Gasteiger partial charge in [-0.15, -0.1) is 0 Å². The van der Waals surface area contributed by atoms with Gasteiger partial charge in [0.15, 0.2) is 6.10 Å². The third-order valence-corrected chi connectivity index (χ3v) is 4.40. The van der Waals surface area contributed by atoms with Crippen LogP contribution in [-0.2, 0) is 14.3 Å². The van der Waals surface area contributed by atoms with Crippen molar-refractivity contribution in [3.63, 3.8) is 0 Å². The molecule has 0 aromatic heterocycles. The highest BCUT2D eigenvalue weighted by Crippen LogP contribution is 2.28. The molecule has 1 heterocycles. The topological polar surface area (TPSA) is 66.8 Å². The van der Waals surface area contributed by atoms with Gasteiger partial charge in [-0.2, -0.15) is 0 Å². The number of hydrogen-bond acceptors (Lipinski definition) is 3. The average Bonchev–Trinajstić information content (AvgIpc) is 2.47. The molecule has 5 nitrogen and oxygen atoms in total. The lowest BCUT2D eigenvalue weighted by molar-refractivity contribution is -0.166. The molecule has 22 heavy (non-hydrogen) atoms. The molecule has 0 aliphatic carbocycles. The van der Waals surface area contributed by atoms with E-state index in [9.17, 15) is 9.59 Å². The van der Waals surface area contributed by atoms with E-state index in [0.717, 1.165) is 5.56 Å².